The molecule has 11 heteroatoms. The van der Waals surface area contributed by atoms with Crippen molar-refractivity contribution in [3.63, 3.8) is 0 Å². The Morgan fingerprint density at radius 2 is 1.93 bits per heavy atom. The number of likely N-dealkylation sites (N-methyl/N-ethyl adjacent to an activating group) is 1. The van der Waals surface area contributed by atoms with Gasteiger partial charge in [0.2, 0.25) is 0 Å². The van der Waals surface area contributed by atoms with Crippen LogP contribution in [0.2, 0.25) is 0 Å². The van der Waals surface area contributed by atoms with Crippen molar-refractivity contribution >= 4 is 17.7 Å². The van der Waals surface area contributed by atoms with E-state index in [1.54, 1.807) is 35.2 Å². The number of carbonyl (C=O) groups is 2. The molecule has 11 nitrogen and oxygen atoms in total. The van der Waals surface area contributed by atoms with Gasteiger partial charge in [-0.1, -0.05) is 23.4 Å². The number of aromatic nitrogens is 4. The predicted octanol–water partition coefficient (Wildman–Crippen LogP) is 5.04. The van der Waals surface area contributed by atoms with Crippen molar-refractivity contribution in [1.29, 1.82) is 5.26 Å². The standard InChI is InChI=1S/C32H42N8O3/c1-21-14-22(11-12-23(21)17-35-29(41)26-20-40(37-36-26)31(2,3)4)28-24(15-33)16-34-18-27(28)39-13-9-10-25(19-39)38(8)30(42)43-32(5,6)7/h11-12,14,16,18,20,25H,9-10,13,17,19H2,1-8H3,(H,35,41)/t25-/m1/s1. The van der Waals surface area contributed by atoms with Gasteiger partial charge in [-0.05, 0) is 78.0 Å². The van der Waals surface area contributed by atoms with Crippen molar-refractivity contribution in [2.45, 2.75) is 85.0 Å². The van der Waals surface area contributed by atoms with Crippen LogP contribution in [-0.2, 0) is 16.8 Å². The van der Waals surface area contributed by atoms with Gasteiger partial charge in [0.05, 0.1) is 35.2 Å². The first-order chi connectivity index (χ1) is 20.2. The van der Waals surface area contributed by atoms with Gasteiger partial charge in [0.25, 0.3) is 5.91 Å². The largest absolute Gasteiger partial charge is 0.444 e. The Kier molecular flexibility index (Phi) is 9.09. The molecular formula is C32H42N8O3. The Morgan fingerprint density at radius 1 is 1.19 bits per heavy atom. The van der Waals surface area contributed by atoms with Crippen molar-refractivity contribution < 1.29 is 14.3 Å². The number of hydrogen-bond donors (Lipinski definition) is 1. The van der Waals surface area contributed by atoms with E-state index in [9.17, 15) is 14.9 Å². The molecular weight excluding hydrogens is 544 g/mol. The fraction of sp³-hybridized carbons (Fsp3) is 0.500. The third-order valence-electron chi connectivity index (χ3n) is 7.50. The Morgan fingerprint density at radius 3 is 2.56 bits per heavy atom. The molecule has 3 heterocycles. The van der Waals surface area contributed by atoms with Gasteiger partial charge >= 0.3 is 6.09 Å². The number of hydrogen-bond acceptors (Lipinski definition) is 8. The molecule has 43 heavy (non-hydrogen) atoms. The van der Waals surface area contributed by atoms with Gasteiger partial charge in [0.15, 0.2) is 5.69 Å². The minimum absolute atomic E-state index is 0.0418. The highest BCUT2D eigenvalue weighted by Gasteiger charge is 2.31. The molecule has 0 saturated carbocycles. The molecule has 2 aromatic heterocycles. The van der Waals surface area contributed by atoms with E-state index in [0.717, 1.165) is 47.3 Å². The van der Waals surface area contributed by atoms with Gasteiger partial charge in [0.1, 0.15) is 11.7 Å². The number of nitrogens with one attached hydrogen (secondary N) is 1. The minimum Gasteiger partial charge on any atom is -0.444 e. The van der Waals surface area contributed by atoms with Crippen LogP contribution < -0.4 is 10.2 Å². The van der Waals surface area contributed by atoms with Gasteiger partial charge in [-0.2, -0.15) is 5.26 Å². The lowest BCUT2D eigenvalue weighted by Gasteiger charge is -2.39. The quantitative estimate of drug-likeness (QED) is 0.425. The van der Waals surface area contributed by atoms with Crippen LogP contribution in [-0.4, -0.2) is 68.7 Å². The molecule has 0 aliphatic carbocycles. The van der Waals surface area contributed by atoms with Crippen LogP contribution in [0.4, 0.5) is 10.5 Å². The Balaban J connectivity index is 1.54. The molecule has 1 aliphatic rings. The van der Waals surface area contributed by atoms with Gasteiger partial charge in [-0.25, -0.2) is 9.48 Å². The summed E-state index contributed by atoms with van der Waals surface area (Å²) in [6.45, 7) is 15.2. The van der Waals surface area contributed by atoms with Crippen LogP contribution in [0.15, 0.2) is 36.8 Å². The van der Waals surface area contributed by atoms with Gasteiger partial charge in [-0.15, -0.1) is 5.10 Å². The van der Waals surface area contributed by atoms with Gasteiger partial charge in [0, 0.05) is 38.4 Å². The maximum atomic E-state index is 12.8. The van der Waals surface area contributed by atoms with Crippen molar-refractivity contribution in [2.75, 3.05) is 25.0 Å². The molecule has 0 radical (unpaired) electrons. The van der Waals surface area contributed by atoms with Crippen LogP contribution in [0.1, 0.15) is 81.6 Å². The number of rotatable bonds is 6. The number of nitrogens with zero attached hydrogens (tertiary/aromatic N) is 7. The number of nitriles is 1. The summed E-state index contributed by atoms with van der Waals surface area (Å²) >= 11 is 0. The molecule has 0 unspecified atom stereocenters. The molecule has 4 rings (SSSR count). The first kappa shape index (κ1) is 31.5. The lowest BCUT2D eigenvalue weighted by Crippen LogP contribution is -2.50. The van der Waals surface area contributed by atoms with Crippen molar-refractivity contribution in [3.05, 3.63) is 59.2 Å². The zero-order valence-electron chi connectivity index (χ0n) is 26.4. The van der Waals surface area contributed by atoms with E-state index in [-0.39, 0.29) is 29.3 Å². The molecule has 0 spiro atoms. The Labute approximate surface area is 253 Å². The molecule has 2 amide bonds. The summed E-state index contributed by atoms with van der Waals surface area (Å²) < 4.78 is 7.27. The maximum Gasteiger partial charge on any atom is 0.410 e. The van der Waals surface area contributed by atoms with E-state index in [0.29, 0.717) is 18.7 Å². The average Bonchev–Trinajstić information content (AvgIpc) is 3.46. The third-order valence-corrected chi connectivity index (χ3v) is 7.50. The summed E-state index contributed by atoms with van der Waals surface area (Å²) in [6, 6.07) is 8.24. The summed E-state index contributed by atoms with van der Waals surface area (Å²) in [7, 11) is 1.78. The van der Waals surface area contributed by atoms with Crippen molar-refractivity contribution in [3.8, 4) is 17.2 Å². The summed E-state index contributed by atoms with van der Waals surface area (Å²) in [5.74, 6) is -0.293. The van der Waals surface area contributed by atoms with E-state index < -0.39 is 5.60 Å². The van der Waals surface area contributed by atoms with E-state index in [1.165, 1.54) is 0 Å². The number of aryl methyl sites for hydroxylation is 1. The highest BCUT2D eigenvalue weighted by Crippen LogP contribution is 2.36. The lowest BCUT2D eigenvalue weighted by molar-refractivity contribution is 0.0209. The van der Waals surface area contributed by atoms with E-state index >= 15 is 0 Å². The van der Waals surface area contributed by atoms with E-state index in [1.807, 2.05) is 66.7 Å². The highest BCUT2D eigenvalue weighted by molar-refractivity contribution is 5.91. The fourth-order valence-corrected chi connectivity index (χ4v) is 5.06. The number of anilines is 1. The number of carbonyl (C=O) groups excluding carboxylic acids is 2. The highest BCUT2D eigenvalue weighted by atomic mass is 16.6. The molecule has 3 aromatic rings. The molecule has 1 aromatic carbocycles. The zero-order chi connectivity index (χ0) is 31.5. The van der Waals surface area contributed by atoms with Crippen molar-refractivity contribution in [1.82, 2.24) is 30.2 Å². The molecule has 1 N–H and O–H groups in total. The Hall–Kier alpha value is -4.46. The lowest BCUT2D eigenvalue weighted by atomic mass is 9.94. The third kappa shape index (κ3) is 7.49. The van der Waals surface area contributed by atoms with Crippen molar-refractivity contribution in [2.24, 2.45) is 0 Å². The van der Waals surface area contributed by atoms with Crippen LogP contribution >= 0.6 is 0 Å². The Bertz CT molecular complexity index is 1530. The first-order valence-electron chi connectivity index (χ1n) is 14.6. The van der Waals surface area contributed by atoms with Gasteiger partial charge < -0.3 is 19.9 Å². The molecule has 1 aliphatic heterocycles. The zero-order valence-corrected chi connectivity index (χ0v) is 26.4. The van der Waals surface area contributed by atoms with E-state index in [2.05, 4.69) is 31.6 Å². The minimum atomic E-state index is -0.572. The number of ether oxygens (including phenoxy) is 1. The van der Waals surface area contributed by atoms with Crippen LogP contribution in [0.5, 0.6) is 0 Å². The number of benzene rings is 1. The first-order valence-corrected chi connectivity index (χ1v) is 14.6. The smallest absolute Gasteiger partial charge is 0.410 e. The number of amides is 2. The second-order valence-electron chi connectivity index (χ2n) is 13.1. The SMILES string of the molecule is Cc1cc(-c2c(C#N)cncc2N2CCC[C@@H](N(C)C(=O)OC(C)(C)C)C2)ccc1CNC(=O)c1cn(C(C)(C)C)nn1. The second kappa shape index (κ2) is 12.4. The predicted molar refractivity (Wildman–Crippen MR) is 165 cm³/mol. The van der Waals surface area contributed by atoms with Crippen LogP contribution in [0.25, 0.3) is 11.1 Å². The number of pyridine rings is 1. The topological polar surface area (TPSA) is 129 Å². The summed E-state index contributed by atoms with van der Waals surface area (Å²) in [5, 5.41) is 21.0. The molecule has 0 bridgehead atoms. The monoisotopic (exact) mass is 586 g/mol. The fourth-order valence-electron chi connectivity index (χ4n) is 5.06. The average molecular weight is 587 g/mol. The summed E-state index contributed by atoms with van der Waals surface area (Å²) in [5.41, 5.74) is 4.36. The second-order valence-corrected chi connectivity index (χ2v) is 13.1. The molecule has 228 valence electrons. The molecule has 1 saturated heterocycles. The normalized spacial score (nSPS) is 15.5. The maximum absolute atomic E-state index is 12.8. The van der Waals surface area contributed by atoms with Gasteiger partial charge in [-0.3, -0.25) is 9.78 Å². The van der Waals surface area contributed by atoms with Crippen LogP contribution in [0.3, 0.4) is 0 Å². The molecule has 1 atom stereocenters. The van der Waals surface area contributed by atoms with E-state index in [4.69, 9.17) is 4.74 Å². The number of piperidine rings is 1. The summed E-state index contributed by atoms with van der Waals surface area (Å²) in [4.78, 5) is 33.8. The van der Waals surface area contributed by atoms with Crippen LogP contribution in [0, 0.1) is 18.3 Å². The summed E-state index contributed by atoms with van der Waals surface area (Å²) in [6.07, 6.45) is 6.42. The molecule has 1 fully saturated rings.